The quantitative estimate of drug-likeness (QED) is 0.364. The van der Waals surface area contributed by atoms with Gasteiger partial charge in [0.2, 0.25) is 5.91 Å². The first kappa shape index (κ1) is 11.3. The second-order valence-electron chi connectivity index (χ2n) is 5.26. The van der Waals surface area contributed by atoms with Gasteiger partial charge in [-0.2, -0.15) is 0 Å². The Labute approximate surface area is 88.3 Å². The molecule has 78 valence electrons. The number of carbonyl (C=O) groups is 1. The lowest BCUT2D eigenvalue weighted by molar-refractivity contribution is -0.150. The molecular formula is C11H19NOSi. The zero-order valence-corrected chi connectivity index (χ0v) is 10.8. The van der Waals surface area contributed by atoms with Crippen LogP contribution in [0.2, 0.25) is 18.6 Å². The lowest BCUT2D eigenvalue weighted by Crippen LogP contribution is -2.66. The van der Waals surface area contributed by atoms with Gasteiger partial charge in [0, 0.05) is 14.3 Å². The van der Waals surface area contributed by atoms with Crippen molar-refractivity contribution in [2.45, 2.75) is 51.0 Å². The molecule has 0 saturated carbocycles. The second-order valence-corrected chi connectivity index (χ2v) is 8.47. The Morgan fingerprint density at radius 2 is 1.93 bits per heavy atom. The van der Waals surface area contributed by atoms with E-state index >= 15 is 0 Å². The molecule has 0 spiro atoms. The molecule has 0 aromatic heterocycles. The van der Waals surface area contributed by atoms with E-state index in [4.69, 9.17) is 6.42 Å². The molecule has 2 nitrogen and oxygen atoms in total. The molecule has 1 fully saturated rings. The monoisotopic (exact) mass is 209 g/mol. The number of hydrogen-bond acceptors (Lipinski definition) is 1. The number of likely N-dealkylation sites (tertiary alicyclic amines) is 1. The molecule has 0 aliphatic carbocycles. The molecule has 0 N–H and O–H groups in total. The van der Waals surface area contributed by atoms with Crippen molar-refractivity contribution in [1.29, 1.82) is 0 Å². The average Bonchev–Trinajstić information content (AvgIpc) is 1.95. The molecule has 14 heavy (non-hydrogen) atoms. The van der Waals surface area contributed by atoms with Crippen LogP contribution in [0.3, 0.4) is 0 Å². The summed E-state index contributed by atoms with van der Waals surface area (Å²) >= 11 is 0. The Bertz CT molecular complexity index is 285. The van der Waals surface area contributed by atoms with Crippen molar-refractivity contribution in [2.24, 2.45) is 0 Å². The summed E-state index contributed by atoms with van der Waals surface area (Å²) in [4.78, 5) is 13.7. The molecular weight excluding hydrogens is 190 g/mol. The van der Waals surface area contributed by atoms with Crippen LogP contribution in [-0.4, -0.2) is 31.2 Å². The van der Waals surface area contributed by atoms with Gasteiger partial charge in [-0.1, -0.05) is 19.0 Å². The normalized spacial score (nSPS) is 27.5. The first-order valence-corrected chi connectivity index (χ1v) is 8.07. The summed E-state index contributed by atoms with van der Waals surface area (Å²) in [5.41, 5.74) is 0.0349. The standard InChI is InChI=1S/C11H19NOSi/c1-7-8-9(14(5)6)10(13)12(8)11(2,3)4/h1,8-9,14H,2-6H3/t8?,9-/m0/s1. The first-order valence-electron chi connectivity index (χ1n) is 5.10. The number of rotatable bonds is 1. The van der Waals surface area contributed by atoms with Gasteiger partial charge in [0.25, 0.3) is 0 Å². The number of nitrogens with zero attached hydrogens (tertiary/aromatic N) is 1. The van der Waals surface area contributed by atoms with Gasteiger partial charge in [-0.25, -0.2) is 0 Å². The van der Waals surface area contributed by atoms with Crippen LogP contribution in [0.15, 0.2) is 0 Å². The van der Waals surface area contributed by atoms with Gasteiger partial charge in [0.1, 0.15) is 6.04 Å². The molecule has 1 aliphatic rings. The van der Waals surface area contributed by atoms with E-state index < -0.39 is 8.80 Å². The highest BCUT2D eigenvalue weighted by Crippen LogP contribution is 2.39. The minimum atomic E-state index is -0.955. The van der Waals surface area contributed by atoms with E-state index in [1.807, 2.05) is 25.7 Å². The van der Waals surface area contributed by atoms with Gasteiger partial charge in [0.05, 0.1) is 5.54 Å². The maximum Gasteiger partial charge on any atom is 0.227 e. The molecule has 0 radical (unpaired) electrons. The van der Waals surface area contributed by atoms with Crippen LogP contribution in [0.1, 0.15) is 20.8 Å². The van der Waals surface area contributed by atoms with Crippen LogP contribution in [-0.2, 0) is 4.79 Å². The number of carbonyl (C=O) groups excluding carboxylic acids is 1. The summed E-state index contributed by atoms with van der Waals surface area (Å²) in [5.74, 6) is 3.03. The molecule has 1 aliphatic heterocycles. The molecule has 0 bridgehead atoms. The smallest absolute Gasteiger partial charge is 0.227 e. The van der Waals surface area contributed by atoms with Crippen molar-refractivity contribution < 1.29 is 4.79 Å². The topological polar surface area (TPSA) is 20.3 Å². The predicted octanol–water partition coefficient (Wildman–Crippen LogP) is 1.49. The second kappa shape index (κ2) is 3.43. The van der Waals surface area contributed by atoms with E-state index in [0.29, 0.717) is 0 Å². The Kier molecular flexibility index (Phi) is 2.78. The largest absolute Gasteiger partial charge is 0.323 e. The Morgan fingerprint density at radius 1 is 1.43 bits per heavy atom. The van der Waals surface area contributed by atoms with E-state index in [2.05, 4.69) is 19.0 Å². The van der Waals surface area contributed by atoms with Crippen LogP contribution in [0.25, 0.3) is 0 Å². The third kappa shape index (κ3) is 1.59. The SMILES string of the molecule is C#CC1[C@H]([SiH](C)C)C(=O)N1C(C)(C)C. The minimum absolute atomic E-state index is 0.0502. The highest BCUT2D eigenvalue weighted by Gasteiger charge is 2.51. The van der Waals surface area contributed by atoms with Gasteiger partial charge in [0.15, 0.2) is 0 Å². The van der Waals surface area contributed by atoms with Crippen LogP contribution < -0.4 is 0 Å². The molecule has 0 aromatic rings. The molecule has 1 amide bonds. The third-order valence-corrected chi connectivity index (χ3v) is 4.84. The van der Waals surface area contributed by atoms with Crippen molar-refractivity contribution in [3.8, 4) is 12.3 Å². The van der Waals surface area contributed by atoms with Gasteiger partial charge in [-0.3, -0.25) is 4.79 Å². The van der Waals surface area contributed by atoms with E-state index in [1.165, 1.54) is 0 Å². The Morgan fingerprint density at radius 3 is 2.21 bits per heavy atom. The highest BCUT2D eigenvalue weighted by atomic mass is 28.3. The number of terminal acetylenes is 1. The summed E-state index contributed by atoms with van der Waals surface area (Å²) in [5, 5.41) is 0. The highest BCUT2D eigenvalue weighted by molar-refractivity contribution is 6.63. The van der Waals surface area contributed by atoms with E-state index in [0.717, 1.165) is 0 Å². The minimum Gasteiger partial charge on any atom is -0.323 e. The summed E-state index contributed by atoms with van der Waals surface area (Å²) in [6.45, 7) is 10.5. The van der Waals surface area contributed by atoms with Gasteiger partial charge >= 0.3 is 0 Å². The Balaban J connectivity index is 2.87. The van der Waals surface area contributed by atoms with Crippen LogP contribution in [0, 0.1) is 12.3 Å². The van der Waals surface area contributed by atoms with E-state index in [-0.39, 0.29) is 23.0 Å². The fraction of sp³-hybridized carbons (Fsp3) is 0.727. The lowest BCUT2D eigenvalue weighted by Gasteiger charge is -2.53. The van der Waals surface area contributed by atoms with E-state index in [9.17, 15) is 4.79 Å². The fourth-order valence-corrected chi connectivity index (χ4v) is 3.83. The third-order valence-electron chi connectivity index (χ3n) is 2.75. The molecule has 1 rings (SSSR count). The Hall–Kier alpha value is -0.753. The van der Waals surface area contributed by atoms with Crippen LogP contribution >= 0.6 is 0 Å². The number of amides is 1. The maximum atomic E-state index is 11.9. The summed E-state index contributed by atoms with van der Waals surface area (Å²) in [6, 6.07) is 0.0502. The van der Waals surface area contributed by atoms with Gasteiger partial charge in [-0.05, 0) is 20.8 Å². The maximum absolute atomic E-state index is 11.9. The lowest BCUT2D eigenvalue weighted by atomic mass is 9.92. The average molecular weight is 209 g/mol. The van der Waals surface area contributed by atoms with Crippen LogP contribution in [0.4, 0.5) is 0 Å². The van der Waals surface area contributed by atoms with Crippen molar-refractivity contribution in [3.05, 3.63) is 0 Å². The van der Waals surface area contributed by atoms with Gasteiger partial charge in [-0.15, -0.1) is 6.42 Å². The number of hydrogen-bond donors (Lipinski definition) is 0. The molecule has 2 atom stereocenters. The molecule has 3 heteroatoms. The number of β-lactam (4-membered cyclic amide) rings is 1. The first-order chi connectivity index (χ1) is 6.30. The van der Waals surface area contributed by atoms with Crippen molar-refractivity contribution >= 4 is 14.7 Å². The molecule has 1 saturated heterocycles. The van der Waals surface area contributed by atoms with Crippen LogP contribution in [0.5, 0.6) is 0 Å². The molecule has 1 heterocycles. The van der Waals surface area contributed by atoms with Gasteiger partial charge < -0.3 is 4.90 Å². The summed E-state index contributed by atoms with van der Waals surface area (Å²) < 4.78 is 0. The van der Waals surface area contributed by atoms with Crippen molar-refractivity contribution in [1.82, 2.24) is 4.90 Å². The predicted molar refractivity (Wildman–Crippen MR) is 61.8 cm³/mol. The zero-order chi connectivity index (χ0) is 11.1. The molecule has 1 unspecified atom stereocenters. The fourth-order valence-electron chi connectivity index (χ4n) is 2.09. The summed E-state index contributed by atoms with van der Waals surface area (Å²) in [6.07, 6.45) is 5.49. The molecule has 0 aromatic carbocycles. The van der Waals surface area contributed by atoms with E-state index in [1.54, 1.807) is 0 Å². The van der Waals surface area contributed by atoms with Crippen molar-refractivity contribution in [3.63, 3.8) is 0 Å². The summed E-state index contributed by atoms with van der Waals surface area (Å²) in [7, 11) is -0.955. The van der Waals surface area contributed by atoms with Crippen molar-refractivity contribution in [2.75, 3.05) is 0 Å². The zero-order valence-electron chi connectivity index (χ0n) is 9.66.